The van der Waals surface area contributed by atoms with Gasteiger partial charge in [-0.15, -0.1) is 5.10 Å². The first-order valence-corrected chi connectivity index (χ1v) is 7.25. The van der Waals surface area contributed by atoms with Gasteiger partial charge in [0.1, 0.15) is 0 Å². The van der Waals surface area contributed by atoms with E-state index in [1.54, 1.807) is 6.07 Å². The summed E-state index contributed by atoms with van der Waals surface area (Å²) in [6.45, 7) is 0. The summed E-state index contributed by atoms with van der Waals surface area (Å²) >= 11 is 0. The molecule has 0 saturated heterocycles. The highest BCUT2D eigenvalue weighted by molar-refractivity contribution is 7.90. The van der Waals surface area contributed by atoms with E-state index in [1.165, 1.54) is 42.9 Å². The lowest BCUT2D eigenvalue weighted by molar-refractivity contribution is 0.587. The summed E-state index contributed by atoms with van der Waals surface area (Å²) in [5.41, 5.74) is 16.8. The van der Waals surface area contributed by atoms with Crippen molar-refractivity contribution < 1.29 is 8.42 Å². The van der Waals surface area contributed by atoms with Crippen molar-refractivity contribution in [2.45, 2.75) is 4.90 Å². The second-order valence-electron chi connectivity index (χ2n) is 4.12. The molecule has 2 aromatic rings. The second kappa shape index (κ2) is 5.67. The van der Waals surface area contributed by atoms with E-state index in [2.05, 4.69) is 10.2 Å². The van der Waals surface area contributed by atoms with Gasteiger partial charge in [0, 0.05) is 23.6 Å². The summed E-state index contributed by atoms with van der Waals surface area (Å²) in [6, 6.07) is 7.51. The first-order valence-electron chi connectivity index (χ1n) is 5.80. The first kappa shape index (κ1) is 14.6. The van der Waals surface area contributed by atoms with E-state index >= 15 is 0 Å². The number of hydrogen-bond donors (Lipinski definition) is 3. The molecular formula is C12H14N6O2S. The highest BCUT2D eigenvalue weighted by Gasteiger charge is 2.16. The third kappa shape index (κ3) is 3.39. The molecule has 0 spiro atoms. The normalized spacial score (nSPS) is 11.6. The molecule has 0 fully saturated rings. The van der Waals surface area contributed by atoms with Crippen LogP contribution >= 0.6 is 0 Å². The van der Waals surface area contributed by atoms with Gasteiger partial charge in [0.05, 0.1) is 11.1 Å². The summed E-state index contributed by atoms with van der Waals surface area (Å²) < 4.78 is 25.8. The Balaban J connectivity index is 2.30. The molecule has 6 N–H and O–H groups in total. The predicted octanol–water partition coefficient (Wildman–Crippen LogP) is -0.0854. The Kier molecular flexibility index (Phi) is 3.94. The van der Waals surface area contributed by atoms with Gasteiger partial charge in [-0.25, -0.2) is 12.4 Å². The van der Waals surface area contributed by atoms with Gasteiger partial charge in [0.15, 0.2) is 0 Å². The number of rotatable bonds is 4. The zero-order valence-electron chi connectivity index (χ0n) is 10.9. The molecule has 1 heterocycles. The van der Waals surface area contributed by atoms with Crippen LogP contribution in [0.1, 0.15) is 5.56 Å². The fourth-order valence-corrected chi connectivity index (χ4v) is 2.75. The summed E-state index contributed by atoms with van der Waals surface area (Å²) in [7, 11) is -3.66. The van der Waals surface area contributed by atoms with Crippen molar-refractivity contribution in [1.82, 2.24) is 3.97 Å². The molecule has 1 aromatic carbocycles. The van der Waals surface area contributed by atoms with Gasteiger partial charge < -0.3 is 17.2 Å². The van der Waals surface area contributed by atoms with Gasteiger partial charge in [-0.2, -0.15) is 5.10 Å². The van der Waals surface area contributed by atoms with Gasteiger partial charge in [0.2, 0.25) is 5.96 Å². The van der Waals surface area contributed by atoms with Crippen molar-refractivity contribution in [2.75, 3.05) is 5.73 Å². The zero-order chi connectivity index (χ0) is 15.5. The maximum Gasteiger partial charge on any atom is 0.267 e. The average molecular weight is 306 g/mol. The van der Waals surface area contributed by atoms with Crippen molar-refractivity contribution in [3.63, 3.8) is 0 Å². The minimum absolute atomic E-state index is 0.139. The Labute approximate surface area is 121 Å². The third-order valence-corrected chi connectivity index (χ3v) is 4.18. The highest BCUT2D eigenvalue weighted by Crippen LogP contribution is 2.16. The topological polar surface area (TPSA) is 142 Å². The summed E-state index contributed by atoms with van der Waals surface area (Å²) in [4.78, 5) is 0.139. The number of guanidine groups is 1. The van der Waals surface area contributed by atoms with Crippen LogP contribution in [-0.2, 0) is 10.0 Å². The van der Waals surface area contributed by atoms with Crippen molar-refractivity contribution in [2.24, 2.45) is 21.7 Å². The van der Waals surface area contributed by atoms with Crippen LogP contribution in [0.3, 0.4) is 0 Å². The lowest BCUT2D eigenvalue weighted by Gasteiger charge is -2.05. The van der Waals surface area contributed by atoms with Gasteiger partial charge in [0.25, 0.3) is 10.0 Å². The van der Waals surface area contributed by atoms with Crippen molar-refractivity contribution in [3.05, 3.63) is 48.3 Å². The molecule has 2 rings (SSSR count). The van der Waals surface area contributed by atoms with E-state index < -0.39 is 10.0 Å². The number of hydrogen-bond acceptors (Lipinski definition) is 5. The molecule has 0 aliphatic rings. The average Bonchev–Trinajstić information content (AvgIpc) is 2.88. The highest BCUT2D eigenvalue weighted by atomic mass is 32.2. The molecule has 110 valence electrons. The Morgan fingerprint density at radius 1 is 1.14 bits per heavy atom. The predicted molar refractivity (Wildman–Crippen MR) is 81.3 cm³/mol. The van der Waals surface area contributed by atoms with E-state index in [0.29, 0.717) is 11.3 Å². The number of nitrogens with two attached hydrogens (primary N) is 3. The SMILES string of the molecule is NC(N)=N/N=C/c1ccn(S(=O)(=O)c2ccc(N)cc2)c1. The van der Waals surface area contributed by atoms with Crippen LogP contribution in [0.4, 0.5) is 5.69 Å². The van der Waals surface area contributed by atoms with E-state index in [9.17, 15) is 8.42 Å². The minimum atomic E-state index is -3.66. The minimum Gasteiger partial charge on any atom is -0.399 e. The van der Waals surface area contributed by atoms with Crippen LogP contribution in [0, 0.1) is 0 Å². The summed E-state index contributed by atoms with van der Waals surface area (Å²) in [5, 5.41) is 7.04. The lowest BCUT2D eigenvalue weighted by atomic mass is 10.3. The molecule has 21 heavy (non-hydrogen) atoms. The zero-order valence-corrected chi connectivity index (χ0v) is 11.7. The molecule has 0 aliphatic carbocycles. The fraction of sp³-hybridized carbons (Fsp3) is 0. The third-order valence-electron chi connectivity index (χ3n) is 2.53. The maximum atomic E-state index is 12.4. The molecule has 0 aliphatic heterocycles. The molecule has 8 nitrogen and oxygen atoms in total. The number of anilines is 1. The Morgan fingerprint density at radius 3 is 2.43 bits per heavy atom. The first-order chi connectivity index (χ1) is 9.89. The molecule has 1 aromatic heterocycles. The van der Waals surface area contributed by atoms with Crippen molar-refractivity contribution in [3.8, 4) is 0 Å². The number of nitrogens with zero attached hydrogens (tertiary/aromatic N) is 3. The molecule has 0 unspecified atom stereocenters. The van der Waals surface area contributed by atoms with Gasteiger partial charge in [-0.3, -0.25) is 0 Å². The van der Waals surface area contributed by atoms with Crippen LogP contribution in [0.25, 0.3) is 0 Å². The lowest BCUT2D eigenvalue weighted by Crippen LogP contribution is -2.21. The monoisotopic (exact) mass is 306 g/mol. The number of nitrogen functional groups attached to an aromatic ring is 1. The largest absolute Gasteiger partial charge is 0.399 e. The molecule has 9 heteroatoms. The Hall–Kier alpha value is -2.81. The van der Waals surface area contributed by atoms with Crippen molar-refractivity contribution in [1.29, 1.82) is 0 Å². The quantitative estimate of drug-likeness (QED) is 0.313. The van der Waals surface area contributed by atoms with Crippen molar-refractivity contribution >= 4 is 27.9 Å². The standard InChI is InChI=1S/C12H14N6O2S/c13-10-1-3-11(4-2-10)21(19,20)18-6-5-9(8-18)7-16-17-12(14)15/h1-8H,13H2,(H4,14,15,17)/b16-7+. The van der Waals surface area contributed by atoms with E-state index in [4.69, 9.17) is 17.2 Å². The van der Waals surface area contributed by atoms with E-state index in [1.807, 2.05) is 0 Å². The number of benzene rings is 1. The molecule has 0 saturated carbocycles. The van der Waals surface area contributed by atoms with E-state index in [-0.39, 0.29) is 10.9 Å². The molecule has 0 radical (unpaired) electrons. The van der Waals surface area contributed by atoms with Gasteiger partial charge >= 0.3 is 0 Å². The second-order valence-corrected chi connectivity index (χ2v) is 5.96. The maximum absolute atomic E-state index is 12.4. The van der Waals surface area contributed by atoms with Crippen LogP contribution < -0.4 is 17.2 Å². The molecule has 0 atom stereocenters. The van der Waals surface area contributed by atoms with Crippen LogP contribution in [0.15, 0.2) is 57.8 Å². The van der Waals surface area contributed by atoms with Gasteiger partial charge in [-0.05, 0) is 30.3 Å². The molecule has 0 bridgehead atoms. The van der Waals surface area contributed by atoms with Crippen LogP contribution in [0.2, 0.25) is 0 Å². The summed E-state index contributed by atoms with van der Waals surface area (Å²) in [6.07, 6.45) is 4.15. The smallest absolute Gasteiger partial charge is 0.267 e. The molecular weight excluding hydrogens is 292 g/mol. The molecule has 0 amide bonds. The Bertz CT molecular complexity index is 785. The summed E-state index contributed by atoms with van der Waals surface area (Å²) in [5.74, 6) is -0.180. The van der Waals surface area contributed by atoms with Crippen LogP contribution in [-0.4, -0.2) is 24.6 Å². The number of aromatic nitrogens is 1. The van der Waals surface area contributed by atoms with Gasteiger partial charge in [-0.1, -0.05) is 0 Å². The fourth-order valence-electron chi connectivity index (χ4n) is 1.54. The van der Waals surface area contributed by atoms with Crippen LogP contribution in [0.5, 0.6) is 0 Å². The van der Waals surface area contributed by atoms with E-state index in [0.717, 1.165) is 3.97 Å². The Morgan fingerprint density at radius 2 is 1.81 bits per heavy atom.